The highest BCUT2D eigenvalue weighted by Crippen LogP contribution is 2.56. The van der Waals surface area contributed by atoms with E-state index < -0.39 is 75.6 Å². The van der Waals surface area contributed by atoms with Crippen LogP contribution >= 0.6 is 0 Å². The molecule has 4 rings (SSSR count). The van der Waals surface area contributed by atoms with Crippen molar-refractivity contribution in [3.05, 3.63) is 45.9 Å². The van der Waals surface area contributed by atoms with Gasteiger partial charge in [-0.1, -0.05) is 90.5 Å². The molecule has 0 saturated heterocycles. The summed E-state index contributed by atoms with van der Waals surface area (Å²) in [5.74, 6) is -8.90. The molecule has 1 aromatic rings. The van der Waals surface area contributed by atoms with Crippen LogP contribution in [0.4, 0.5) is 5.69 Å². The van der Waals surface area contributed by atoms with Gasteiger partial charge in [-0.15, -0.1) is 0 Å². The van der Waals surface area contributed by atoms with Crippen LogP contribution in [0.1, 0.15) is 113 Å². The fraction of sp³-hybridized carbons (Fsp3) is 0.639. The van der Waals surface area contributed by atoms with Crippen LogP contribution in [0.5, 0.6) is 5.75 Å². The number of carbonyl (C=O) groups is 3. The number of nitrogens with two attached hydrogens (primary N) is 1. The zero-order chi connectivity index (χ0) is 34.6. The van der Waals surface area contributed by atoms with Gasteiger partial charge in [0.05, 0.1) is 29.3 Å². The minimum atomic E-state index is -2.93. The Morgan fingerprint density at radius 1 is 0.936 bits per heavy atom. The summed E-state index contributed by atoms with van der Waals surface area (Å²) in [7, 11) is 3.01. The highest BCUT2D eigenvalue weighted by atomic mass is 16.4. The molecule has 1 aromatic carbocycles. The molecule has 11 heteroatoms. The molecule has 3 aliphatic carbocycles. The fourth-order valence-electron chi connectivity index (χ4n) is 7.95. The highest BCUT2D eigenvalue weighted by Gasteiger charge is 2.67. The summed E-state index contributed by atoms with van der Waals surface area (Å²) >= 11 is 0. The molecular weight excluding hydrogens is 602 g/mol. The first-order valence-corrected chi connectivity index (χ1v) is 17.2. The topological polar surface area (TPSA) is 194 Å². The van der Waals surface area contributed by atoms with Gasteiger partial charge in [-0.2, -0.15) is 0 Å². The number of ketones is 2. The van der Waals surface area contributed by atoms with Gasteiger partial charge < -0.3 is 36.6 Å². The van der Waals surface area contributed by atoms with Gasteiger partial charge in [0.25, 0.3) is 5.91 Å². The molecule has 8 N–H and O–H groups in total. The first-order valence-electron chi connectivity index (χ1n) is 17.2. The van der Waals surface area contributed by atoms with Crippen LogP contribution in [0.25, 0.3) is 0 Å². The molecule has 0 radical (unpaired) electrons. The van der Waals surface area contributed by atoms with Crippen molar-refractivity contribution in [1.29, 1.82) is 0 Å². The Kier molecular flexibility index (Phi) is 11.8. The number of nitrogens with zero attached hydrogens (tertiary/aromatic N) is 1. The molecule has 0 heterocycles. The lowest BCUT2D eigenvalue weighted by Gasteiger charge is -2.53. The number of benzene rings is 1. The number of Topliss-reactive ketones (excluding diaryl/α,β-unsaturated/α-hetero) is 2. The van der Waals surface area contributed by atoms with Crippen molar-refractivity contribution in [2.24, 2.45) is 17.6 Å². The van der Waals surface area contributed by atoms with Gasteiger partial charge >= 0.3 is 0 Å². The number of aromatic hydroxyl groups is 1. The van der Waals surface area contributed by atoms with Crippen LogP contribution in [0.15, 0.2) is 34.8 Å². The van der Waals surface area contributed by atoms with E-state index in [0.717, 1.165) is 19.3 Å². The van der Waals surface area contributed by atoms with Crippen molar-refractivity contribution < 1.29 is 39.9 Å². The number of phenols is 1. The maximum atomic E-state index is 14.0. The van der Waals surface area contributed by atoms with E-state index in [1.54, 1.807) is 19.1 Å². The van der Waals surface area contributed by atoms with E-state index in [2.05, 4.69) is 12.2 Å². The third-order valence-corrected chi connectivity index (χ3v) is 10.5. The third-order valence-electron chi connectivity index (χ3n) is 10.5. The van der Waals surface area contributed by atoms with Crippen LogP contribution in [-0.2, 0) is 9.59 Å². The highest BCUT2D eigenvalue weighted by molar-refractivity contribution is 6.25. The zero-order valence-electron chi connectivity index (χ0n) is 28.2. The molecule has 6 atom stereocenters. The summed E-state index contributed by atoms with van der Waals surface area (Å²) < 4.78 is 0. The van der Waals surface area contributed by atoms with E-state index in [9.17, 15) is 39.9 Å². The molecular formula is C36H53N3O8. The van der Waals surface area contributed by atoms with Crippen molar-refractivity contribution in [1.82, 2.24) is 4.90 Å². The number of aliphatic hydroxyl groups is 4. The molecule has 0 saturated carbocycles. The number of anilines is 1. The second-order valence-corrected chi connectivity index (χ2v) is 13.8. The summed E-state index contributed by atoms with van der Waals surface area (Å²) in [6, 6.07) is 2.09. The third kappa shape index (κ3) is 6.67. The van der Waals surface area contributed by atoms with Gasteiger partial charge in [0.1, 0.15) is 22.8 Å². The number of unbranched alkanes of at least 4 members (excludes halogenated alkanes) is 11. The number of hydrogen-bond donors (Lipinski definition) is 7. The number of primary amides is 1. The monoisotopic (exact) mass is 655 g/mol. The Bertz CT molecular complexity index is 1420. The average molecular weight is 656 g/mol. The van der Waals surface area contributed by atoms with Gasteiger partial charge in [-0.05, 0) is 38.1 Å². The maximum absolute atomic E-state index is 14.0. The summed E-state index contributed by atoms with van der Waals surface area (Å²) in [5.41, 5.74) is 1.82. The van der Waals surface area contributed by atoms with E-state index in [0.29, 0.717) is 17.8 Å². The number of likely N-dealkylation sites (N-methyl/N-ethyl adjacent to an activating group) is 1. The van der Waals surface area contributed by atoms with Crippen LogP contribution in [-0.4, -0.2) is 86.3 Å². The number of phenolic OH excluding ortho intramolecular Hbond substituents is 1. The Balaban J connectivity index is 1.49. The maximum Gasteiger partial charge on any atom is 0.255 e. The van der Waals surface area contributed by atoms with Gasteiger partial charge in [-0.25, -0.2) is 0 Å². The largest absolute Gasteiger partial charge is 0.510 e. The SMILES string of the molecule is CCCCCCCCCCCCCCNc1ccc2c(c1O)C(=O)C1=C(O)[C@]3(O)C(=O)C(C(N)=O)=C(O)[C@@H](N(C)C)C3[C@@H](O)C1[C@H]2C. The van der Waals surface area contributed by atoms with E-state index in [4.69, 9.17) is 5.73 Å². The van der Waals surface area contributed by atoms with Gasteiger partial charge in [0, 0.05) is 18.0 Å². The molecule has 47 heavy (non-hydrogen) atoms. The Labute approximate surface area is 277 Å². The molecule has 0 fully saturated rings. The standard InChI is InChI=1S/C36H53N3O8/c1-5-6-7-8-9-10-11-12-13-14-15-16-19-38-22-18-17-21-20(2)23-25(30(41)24(21)29(22)40)33(44)36(47)27(31(23)42)28(39(3)4)32(43)26(34(36)45)35(37)46/h17-18,20,23,27-28,31,38,40,42-44,47H,5-16,19H2,1-4H3,(H2,37,46)/t20-,23?,27?,28-,31-,36-/m0/s1. The number of fused-ring (bicyclic) bond motifs is 3. The Morgan fingerprint density at radius 3 is 2.02 bits per heavy atom. The van der Waals surface area contributed by atoms with Crippen molar-refractivity contribution in [2.75, 3.05) is 26.0 Å². The van der Waals surface area contributed by atoms with Crippen LogP contribution in [0.3, 0.4) is 0 Å². The number of aliphatic hydroxyl groups excluding tert-OH is 3. The van der Waals surface area contributed by atoms with Crippen LogP contribution in [0.2, 0.25) is 0 Å². The summed E-state index contributed by atoms with van der Waals surface area (Å²) in [6.07, 6.45) is 13.0. The molecule has 0 aromatic heterocycles. The lowest BCUT2D eigenvalue weighted by atomic mass is 9.55. The molecule has 0 aliphatic heterocycles. The predicted octanol–water partition coefficient (Wildman–Crippen LogP) is 4.77. The van der Waals surface area contributed by atoms with E-state index in [1.807, 2.05) is 0 Å². The first-order chi connectivity index (χ1) is 22.3. The molecule has 0 bridgehead atoms. The summed E-state index contributed by atoms with van der Waals surface area (Å²) in [6.45, 7) is 4.53. The van der Waals surface area contributed by atoms with Gasteiger partial charge in [0.2, 0.25) is 5.78 Å². The lowest BCUT2D eigenvalue weighted by molar-refractivity contribution is -0.162. The number of amides is 1. The van der Waals surface area contributed by atoms with Crippen molar-refractivity contribution in [3.63, 3.8) is 0 Å². The van der Waals surface area contributed by atoms with Crippen molar-refractivity contribution in [2.45, 2.75) is 115 Å². The molecule has 260 valence electrons. The number of nitrogens with one attached hydrogen (secondary N) is 1. The number of rotatable bonds is 16. The van der Waals surface area contributed by atoms with Crippen LogP contribution < -0.4 is 11.1 Å². The predicted molar refractivity (Wildman–Crippen MR) is 179 cm³/mol. The molecule has 3 aliphatic rings. The molecule has 11 nitrogen and oxygen atoms in total. The quantitative estimate of drug-likeness (QED) is 0.0741. The minimum Gasteiger partial charge on any atom is -0.510 e. The fourth-order valence-corrected chi connectivity index (χ4v) is 7.95. The second kappa shape index (κ2) is 15.2. The first kappa shape index (κ1) is 36.4. The lowest BCUT2D eigenvalue weighted by Crippen LogP contribution is -2.68. The summed E-state index contributed by atoms with van der Waals surface area (Å²) in [4.78, 5) is 41.2. The van der Waals surface area contributed by atoms with E-state index in [1.165, 1.54) is 76.8 Å². The normalized spacial score (nSPS) is 27.2. The van der Waals surface area contributed by atoms with E-state index >= 15 is 0 Å². The van der Waals surface area contributed by atoms with Gasteiger partial charge in [-0.3, -0.25) is 19.3 Å². The van der Waals surface area contributed by atoms with Gasteiger partial charge in [0.15, 0.2) is 11.4 Å². The molecule has 1 amide bonds. The minimum absolute atomic E-state index is 0.0924. The molecule has 0 spiro atoms. The zero-order valence-corrected chi connectivity index (χ0v) is 28.2. The molecule has 2 unspecified atom stereocenters. The van der Waals surface area contributed by atoms with Crippen LogP contribution in [0, 0.1) is 11.8 Å². The average Bonchev–Trinajstić information content (AvgIpc) is 3.01. The van der Waals surface area contributed by atoms with Crippen molar-refractivity contribution >= 4 is 23.2 Å². The summed E-state index contributed by atoms with van der Waals surface area (Å²) in [5, 5.41) is 60.5. The van der Waals surface area contributed by atoms with E-state index in [-0.39, 0.29) is 11.3 Å². The number of carbonyl (C=O) groups excluding carboxylic acids is 3. The Morgan fingerprint density at radius 2 is 1.49 bits per heavy atom. The second-order valence-electron chi connectivity index (χ2n) is 13.8. The smallest absolute Gasteiger partial charge is 0.255 e. The number of hydrogen-bond acceptors (Lipinski definition) is 10. The Hall–Kier alpha value is -3.41. The van der Waals surface area contributed by atoms with Crippen molar-refractivity contribution in [3.8, 4) is 5.75 Å².